The fourth-order valence-electron chi connectivity index (χ4n) is 1.56. The fourth-order valence-corrected chi connectivity index (χ4v) is 1.56. The van der Waals surface area contributed by atoms with E-state index in [1.807, 2.05) is 0 Å². The summed E-state index contributed by atoms with van der Waals surface area (Å²) in [7, 11) is 1.12. The number of esters is 1. The molecular formula is C12H14N2O6. The molecule has 2 N–H and O–H groups in total. The fraction of sp³-hybridized carbons (Fsp3) is 0.333. The molecule has 0 fully saturated rings. The van der Waals surface area contributed by atoms with Crippen molar-refractivity contribution in [2.24, 2.45) is 0 Å². The highest BCUT2D eigenvalue weighted by Crippen LogP contribution is 2.16. The second kappa shape index (κ2) is 6.62. The molecule has 1 aromatic rings. The van der Waals surface area contributed by atoms with Crippen molar-refractivity contribution in [1.82, 2.24) is 5.32 Å². The third-order valence-corrected chi connectivity index (χ3v) is 2.51. The average molecular weight is 282 g/mol. The highest BCUT2D eigenvalue weighted by Gasteiger charge is 2.22. The molecule has 1 rings (SSSR count). The first-order valence-electron chi connectivity index (χ1n) is 5.64. The van der Waals surface area contributed by atoms with Gasteiger partial charge in [-0.15, -0.1) is 0 Å². The Bertz CT molecular complexity index is 543. The van der Waals surface area contributed by atoms with E-state index in [9.17, 15) is 19.7 Å². The van der Waals surface area contributed by atoms with E-state index in [1.165, 1.54) is 12.1 Å². The third-order valence-electron chi connectivity index (χ3n) is 2.51. The van der Waals surface area contributed by atoms with Crippen LogP contribution < -0.4 is 5.32 Å². The van der Waals surface area contributed by atoms with Crippen LogP contribution in [-0.4, -0.2) is 41.7 Å². The van der Waals surface area contributed by atoms with Gasteiger partial charge >= 0.3 is 5.97 Å². The van der Waals surface area contributed by atoms with Gasteiger partial charge in [-0.3, -0.25) is 14.9 Å². The minimum atomic E-state index is -1.22. The molecule has 1 atom stereocenters. The van der Waals surface area contributed by atoms with Crippen LogP contribution in [0.3, 0.4) is 0 Å². The zero-order valence-electron chi connectivity index (χ0n) is 11.0. The van der Waals surface area contributed by atoms with Gasteiger partial charge in [0, 0.05) is 17.7 Å². The van der Waals surface area contributed by atoms with Gasteiger partial charge in [0.2, 0.25) is 0 Å². The molecule has 0 aromatic heterocycles. The predicted molar refractivity (Wildman–Crippen MR) is 68.2 cm³/mol. The van der Waals surface area contributed by atoms with Crippen molar-refractivity contribution >= 4 is 17.6 Å². The molecule has 0 saturated heterocycles. The van der Waals surface area contributed by atoms with E-state index < -0.39 is 29.4 Å². The number of nitro benzene ring substituents is 1. The second-order valence-electron chi connectivity index (χ2n) is 4.05. The Morgan fingerprint density at radius 2 is 2.10 bits per heavy atom. The van der Waals surface area contributed by atoms with Gasteiger partial charge < -0.3 is 15.2 Å². The molecule has 8 heteroatoms. The molecule has 0 heterocycles. The molecule has 8 nitrogen and oxygen atoms in total. The first-order chi connectivity index (χ1) is 9.38. The molecule has 0 saturated carbocycles. The summed E-state index contributed by atoms with van der Waals surface area (Å²) in [6, 6.07) is 2.63. The van der Waals surface area contributed by atoms with E-state index >= 15 is 0 Å². The minimum Gasteiger partial charge on any atom is -0.467 e. The highest BCUT2D eigenvalue weighted by molar-refractivity contribution is 5.97. The first-order valence-corrected chi connectivity index (χ1v) is 5.64. The molecule has 108 valence electrons. The van der Waals surface area contributed by atoms with Crippen LogP contribution >= 0.6 is 0 Å². The number of methoxy groups -OCH3 is 1. The minimum absolute atomic E-state index is 0.0269. The molecule has 1 unspecified atom stereocenters. The first kappa shape index (κ1) is 15.6. The number of hydrogen-bond acceptors (Lipinski definition) is 6. The number of nitro groups is 1. The lowest BCUT2D eigenvalue weighted by Crippen LogP contribution is -2.44. The maximum atomic E-state index is 11.9. The van der Waals surface area contributed by atoms with Crippen LogP contribution in [0.5, 0.6) is 0 Å². The largest absolute Gasteiger partial charge is 0.467 e. The van der Waals surface area contributed by atoms with Crippen LogP contribution in [0, 0.1) is 17.0 Å². The molecule has 0 bridgehead atoms. The molecule has 0 radical (unpaired) electrons. The molecule has 0 spiro atoms. The van der Waals surface area contributed by atoms with Crippen molar-refractivity contribution in [2.75, 3.05) is 13.7 Å². The van der Waals surface area contributed by atoms with Crippen molar-refractivity contribution in [3.05, 3.63) is 39.4 Å². The Balaban J connectivity index is 2.97. The van der Waals surface area contributed by atoms with Crippen LogP contribution in [-0.2, 0) is 9.53 Å². The van der Waals surface area contributed by atoms with Crippen LogP contribution in [0.2, 0.25) is 0 Å². The lowest BCUT2D eigenvalue weighted by Gasteiger charge is -2.13. The standard InChI is InChI=1S/C12H14N2O6/c1-7-3-8(5-9(4-7)14(18)19)11(16)13-10(6-15)12(17)20-2/h3-5,10,15H,6H2,1-2H3,(H,13,16). The van der Waals surface area contributed by atoms with Crippen LogP contribution in [0.1, 0.15) is 15.9 Å². The number of amides is 1. The van der Waals surface area contributed by atoms with E-state index in [-0.39, 0.29) is 11.3 Å². The summed E-state index contributed by atoms with van der Waals surface area (Å²) in [4.78, 5) is 33.3. The maximum absolute atomic E-state index is 11.9. The van der Waals surface area contributed by atoms with Crippen molar-refractivity contribution < 1.29 is 24.4 Å². The number of carbonyl (C=O) groups excluding carboxylic acids is 2. The number of ether oxygens (including phenoxy) is 1. The van der Waals surface area contributed by atoms with Gasteiger partial charge in [-0.05, 0) is 18.6 Å². The van der Waals surface area contributed by atoms with Gasteiger partial charge in [-0.2, -0.15) is 0 Å². The summed E-state index contributed by atoms with van der Waals surface area (Å²) < 4.78 is 4.40. The van der Waals surface area contributed by atoms with Crippen molar-refractivity contribution in [3.8, 4) is 0 Å². The van der Waals surface area contributed by atoms with Gasteiger partial charge in [-0.25, -0.2) is 4.79 Å². The Kier molecular flexibility index (Phi) is 5.15. The molecule has 0 aliphatic heterocycles. The number of hydrogen-bond donors (Lipinski definition) is 2. The van der Waals surface area contributed by atoms with E-state index in [0.717, 1.165) is 13.2 Å². The summed E-state index contributed by atoms with van der Waals surface area (Å²) in [6.07, 6.45) is 0. The molecule has 1 amide bonds. The Morgan fingerprint density at radius 3 is 2.60 bits per heavy atom. The van der Waals surface area contributed by atoms with E-state index in [0.29, 0.717) is 5.56 Å². The Hall–Kier alpha value is -2.48. The monoisotopic (exact) mass is 282 g/mol. The smallest absolute Gasteiger partial charge is 0.330 e. The average Bonchev–Trinajstić information content (AvgIpc) is 2.42. The SMILES string of the molecule is COC(=O)C(CO)NC(=O)c1cc(C)cc([N+](=O)[O-])c1. The predicted octanol–water partition coefficient (Wildman–Crippen LogP) is 0.167. The number of aliphatic hydroxyl groups is 1. The third kappa shape index (κ3) is 3.75. The lowest BCUT2D eigenvalue weighted by molar-refractivity contribution is -0.384. The normalized spacial score (nSPS) is 11.6. The number of nitrogens with zero attached hydrogens (tertiary/aromatic N) is 1. The highest BCUT2D eigenvalue weighted by atomic mass is 16.6. The van der Waals surface area contributed by atoms with Gasteiger partial charge in [0.1, 0.15) is 0 Å². The number of rotatable bonds is 5. The molecule has 0 aliphatic rings. The maximum Gasteiger partial charge on any atom is 0.330 e. The van der Waals surface area contributed by atoms with Crippen molar-refractivity contribution in [3.63, 3.8) is 0 Å². The van der Waals surface area contributed by atoms with Gasteiger partial charge in [0.05, 0.1) is 18.6 Å². The van der Waals surface area contributed by atoms with Gasteiger partial charge in [-0.1, -0.05) is 0 Å². The zero-order chi connectivity index (χ0) is 15.3. The van der Waals surface area contributed by atoms with Gasteiger partial charge in [0.15, 0.2) is 6.04 Å². The molecule has 0 aliphatic carbocycles. The summed E-state index contributed by atoms with van der Waals surface area (Å²) in [6.45, 7) is 0.972. The summed E-state index contributed by atoms with van der Waals surface area (Å²) in [5.74, 6) is -1.51. The lowest BCUT2D eigenvalue weighted by atomic mass is 10.1. The van der Waals surface area contributed by atoms with Crippen LogP contribution in [0.4, 0.5) is 5.69 Å². The molecular weight excluding hydrogens is 268 g/mol. The van der Waals surface area contributed by atoms with E-state index in [4.69, 9.17) is 5.11 Å². The number of benzene rings is 1. The Morgan fingerprint density at radius 1 is 1.45 bits per heavy atom. The molecule has 20 heavy (non-hydrogen) atoms. The topological polar surface area (TPSA) is 119 Å². The summed E-state index contributed by atoms with van der Waals surface area (Å²) >= 11 is 0. The van der Waals surface area contributed by atoms with Crippen molar-refractivity contribution in [1.29, 1.82) is 0 Å². The van der Waals surface area contributed by atoms with Gasteiger partial charge in [0.25, 0.3) is 11.6 Å². The van der Waals surface area contributed by atoms with E-state index in [2.05, 4.69) is 10.1 Å². The number of aliphatic hydroxyl groups excluding tert-OH is 1. The number of carbonyl (C=O) groups is 2. The van der Waals surface area contributed by atoms with E-state index in [1.54, 1.807) is 6.92 Å². The summed E-state index contributed by atoms with van der Waals surface area (Å²) in [5, 5.41) is 22.0. The molecule has 1 aromatic carbocycles. The number of aryl methyl sites for hydroxylation is 1. The summed E-state index contributed by atoms with van der Waals surface area (Å²) in [5.41, 5.74) is 0.329. The second-order valence-corrected chi connectivity index (χ2v) is 4.05. The van der Waals surface area contributed by atoms with Crippen molar-refractivity contribution in [2.45, 2.75) is 13.0 Å². The number of nitrogens with one attached hydrogen (secondary N) is 1. The zero-order valence-corrected chi connectivity index (χ0v) is 11.0. The Labute approximate surface area is 114 Å². The van der Waals surface area contributed by atoms with Crippen LogP contribution in [0.15, 0.2) is 18.2 Å². The van der Waals surface area contributed by atoms with Crippen LogP contribution in [0.25, 0.3) is 0 Å². The quantitative estimate of drug-likeness (QED) is 0.451. The number of non-ortho nitro benzene ring substituents is 1.